The molecule has 0 spiro atoms. The predicted molar refractivity (Wildman–Crippen MR) is 125 cm³/mol. The first-order valence-corrected chi connectivity index (χ1v) is 10.2. The van der Waals surface area contributed by atoms with Gasteiger partial charge < -0.3 is 4.84 Å². The molecule has 160 valence electrons. The number of benzene rings is 3. The van der Waals surface area contributed by atoms with Gasteiger partial charge in [0.15, 0.2) is 12.4 Å². The predicted octanol–water partition coefficient (Wildman–Crippen LogP) is 4.37. The normalized spacial score (nSPS) is 11.4. The molecule has 3 aromatic carbocycles. The molecule has 32 heavy (non-hydrogen) atoms. The van der Waals surface area contributed by atoms with Crippen molar-refractivity contribution in [1.82, 2.24) is 9.66 Å². The molecule has 4 aromatic rings. The zero-order valence-electron chi connectivity index (χ0n) is 17.2. The van der Waals surface area contributed by atoms with Gasteiger partial charge in [-0.1, -0.05) is 71.4 Å². The molecule has 0 fully saturated rings. The van der Waals surface area contributed by atoms with Crippen molar-refractivity contribution in [2.45, 2.75) is 13.5 Å². The maximum absolute atomic E-state index is 13.1. The van der Waals surface area contributed by atoms with Crippen molar-refractivity contribution >= 4 is 34.1 Å². The van der Waals surface area contributed by atoms with Gasteiger partial charge in [-0.15, -0.1) is 0 Å². The summed E-state index contributed by atoms with van der Waals surface area (Å²) in [5, 5.41) is 4.75. The Kier molecular flexibility index (Phi) is 6.28. The Morgan fingerprint density at radius 1 is 1.03 bits per heavy atom. The number of amides is 1. The summed E-state index contributed by atoms with van der Waals surface area (Å²) in [5.41, 5.74) is 4.45. The van der Waals surface area contributed by atoms with Crippen LogP contribution in [0.3, 0.4) is 0 Å². The van der Waals surface area contributed by atoms with Crippen molar-refractivity contribution in [3.8, 4) is 0 Å². The van der Waals surface area contributed by atoms with Crippen LogP contribution in [0.2, 0.25) is 5.02 Å². The Bertz CT molecular complexity index is 1370. The summed E-state index contributed by atoms with van der Waals surface area (Å²) < 4.78 is 1.07. The van der Waals surface area contributed by atoms with Gasteiger partial charge in [0.1, 0.15) is 0 Å². The van der Waals surface area contributed by atoms with E-state index in [9.17, 15) is 9.59 Å². The molecule has 1 heterocycles. The molecule has 0 aliphatic rings. The lowest BCUT2D eigenvalue weighted by molar-refractivity contribution is 0.0996. The van der Waals surface area contributed by atoms with Gasteiger partial charge in [-0.3, -0.25) is 15.0 Å². The molecule has 0 radical (unpaired) electrons. The largest absolute Gasteiger partial charge is 0.387 e. The molecule has 8 heteroatoms. The van der Waals surface area contributed by atoms with Crippen molar-refractivity contribution in [2.24, 2.45) is 5.16 Å². The van der Waals surface area contributed by atoms with Crippen LogP contribution < -0.4 is 11.0 Å². The van der Waals surface area contributed by atoms with E-state index in [0.717, 1.165) is 10.2 Å². The van der Waals surface area contributed by atoms with E-state index in [2.05, 4.69) is 15.6 Å². The van der Waals surface area contributed by atoms with Gasteiger partial charge in [0.25, 0.3) is 11.5 Å². The van der Waals surface area contributed by atoms with Crippen molar-refractivity contribution in [1.29, 1.82) is 0 Å². The van der Waals surface area contributed by atoms with Crippen LogP contribution in [-0.2, 0) is 11.4 Å². The minimum Gasteiger partial charge on any atom is -0.387 e. The summed E-state index contributed by atoms with van der Waals surface area (Å²) in [4.78, 5) is 35.9. The number of nitrogens with zero attached hydrogens (tertiary/aromatic N) is 3. The van der Waals surface area contributed by atoms with E-state index in [4.69, 9.17) is 16.4 Å². The molecule has 0 saturated carbocycles. The topological polar surface area (TPSA) is 85.6 Å². The second-order valence-electron chi connectivity index (χ2n) is 6.92. The lowest BCUT2D eigenvalue weighted by atomic mass is 10.1. The van der Waals surface area contributed by atoms with Gasteiger partial charge in [-0.2, -0.15) is 4.68 Å². The Morgan fingerprint density at radius 3 is 2.50 bits per heavy atom. The van der Waals surface area contributed by atoms with Crippen LogP contribution in [0.15, 0.2) is 88.8 Å². The quantitative estimate of drug-likeness (QED) is 0.352. The number of oxime groups is 1. The minimum atomic E-state index is -0.542. The molecule has 1 N–H and O–H groups in total. The van der Waals surface area contributed by atoms with Gasteiger partial charge in [-0.25, -0.2) is 4.98 Å². The third-order valence-corrected chi connectivity index (χ3v) is 5.09. The summed E-state index contributed by atoms with van der Waals surface area (Å²) in [5.74, 6) is -0.348. The Hall–Kier alpha value is -3.97. The van der Waals surface area contributed by atoms with E-state index in [1.165, 1.54) is 0 Å². The Balaban J connectivity index is 1.67. The summed E-state index contributed by atoms with van der Waals surface area (Å²) in [7, 11) is 0. The fraction of sp³-hybridized carbons (Fsp3) is 0.0833. The van der Waals surface area contributed by atoms with Crippen LogP contribution in [-0.4, -0.2) is 21.3 Å². The number of rotatable bonds is 6. The second-order valence-corrected chi connectivity index (χ2v) is 7.33. The zero-order valence-corrected chi connectivity index (χ0v) is 17.9. The highest BCUT2D eigenvalue weighted by atomic mass is 35.5. The van der Waals surface area contributed by atoms with E-state index in [-0.39, 0.29) is 23.0 Å². The molecule has 0 bridgehead atoms. The van der Waals surface area contributed by atoms with Crippen LogP contribution in [0.1, 0.15) is 28.7 Å². The Labute approximate surface area is 188 Å². The summed E-state index contributed by atoms with van der Waals surface area (Å²) in [6.45, 7) is 1.68. The minimum absolute atomic E-state index is 0.132. The smallest absolute Gasteiger partial charge is 0.280 e. The molecule has 7 nitrogen and oxygen atoms in total. The highest BCUT2D eigenvalue weighted by Gasteiger charge is 2.16. The number of para-hydroxylation sites is 1. The van der Waals surface area contributed by atoms with Crippen LogP contribution in [0.25, 0.3) is 10.9 Å². The van der Waals surface area contributed by atoms with E-state index in [1.54, 1.807) is 48.5 Å². The lowest BCUT2D eigenvalue weighted by Crippen LogP contribution is -2.36. The molecule has 0 saturated heterocycles. The number of fused-ring (bicyclic) bond motifs is 1. The van der Waals surface area contributed by atoms with Crippen LogP contribution in [0.4, 0.5) is 0 Å². The molecule has 1 aromatic heterocycles. The molecule has 0 aliphatic carbocycles. The van der Waals surface area contributed by atoms with Crippen molar-refractivity contribution in [2.75, 3.05) is 5.43 Å². The van der Waals surface area contributed by atoms with Crippen molar-refractivity contribution in [3.05, 3.63) is 111 Å². The molecule has 0 atom stereocenters. The van der Waals surface area contributed by atoms with Crippen LogP contribution in [0, 0.1) is 0 Å². The number of hydrogen-bond acceptors (Lipinski definition) is 5. The number of nitrogens with one attached hydrogen (secondary N) is 1. The summed E-state index contributed by atoms with van der Waals surface area (Å²) in [6, 6.07) is 23.0. The third kappa shape index (κ3) is 4.53. The summed E-state index contributed by atoms with van der Waals surface area (Å²) in [6.07, 6.45) is 0. The number of carbonyl (C=O) groups is 1. The molecule has 1 amide bonds. The van der Waals surface area contributed by atoms with Gasteiger partial charge in [-0.05, 0) is 36.8 Å². The number of aromatic nitrogens is 2. The van der Waals surface area contributed by atoms with E-state index >= 15 is 0 Å². The first-order valence-electron chi connectivity index (χ1n) is 9.83. The van der Waals surface area contributed by atoms with Gasteiger partial charge in [0.2, 0.25) is 0 Å². The first kappa shape index (κ1) is 21.3. The second kappa shape index (κ2) is 9.45. The monoisotopic (exact) mass is 446 g/mol. The fourth-order valence-electron chi connectivity index (χ4n) is 3.12. The van der Waals surface area contributed by atoms with Gasteiger partial charge >= 0.3 is 0 Å². The highest BCUT2D eigenvalue weighted by molar-refractivity contribution is 6.34. The van der Waals surface area contributed by atoms with Gasteiger partial charge in [0, 0.05) is 0 Å². The fourth-order valence-corrected chi connectivity index (χ4v) is 3.34. The van der Waals surface area contributed by atoms with Crippen LogP contribution in [0.5, 0.6) is 0 Å². The van der Waals surface area contributed by atoms with Crippen LogP contribution >= 0.6 is 11.6 Å². The average molecular weight is 447 g/mol. The molecule has 0 aliphatic heterocycles. The lowest BCUT2D eigenvalue weighted by Gasteiger charge is -2.14. The molecule has 4 rings (SSSR count). The highest BCUT2D eigenvalue weighted by Crippen LogP contribution is 2.15. The standard InChI is InChI=1S/C24H19ClN4O3/c1-16(17-9-3-2-4-10-17)28-32-15-22-26-21-14-8-6-12-19(21)24(31)29(22)27-23(30)18-11-5-7-13-20(18)25/h2-14H,15H2,1H3,(H,27,30). The summed E-state index contributed by atoms with van der Waals surface area (Å²) >= 11 is 6.13. The van der Waals surface area contributed by atoms with Crippen molar-refractivity contribution in [3.63, 3.8) is 0 Å². The molecular formula is C24H19ClN4O3. The SMILES string of the molecule is CC(=NOCc1nc2ccccc2c(=O)n1NC(=O)c1ccccc1Cl)c1ccccc1. The maximum Gasteiger partial charge on any atom is 0.280 e. The zero-order chi connectivity index (χ0) is 22.5. The average Bonchev–Trinajstić information content (AvgIpc) is 2.82. The van der Waals surface area contributed by atoms with E-state index in [0.29, 0.717) is 16.6 Å². The Morgan fingerprint density at radius 2 is 1.72 bits per heavy atom. The maximum atomic E-state index is 13.1. The first-order chi connectivity index (χ1) is 15.5. The number of carbonyl (C=O) groups excluding carboxylic acids is 1. The molecular weight excluding hydrogens is 428 g/mol. The van der Waals surface area contributed by atoms with E-state index < -0.39 is 11.5 Å². The number of halogens is 1. The van der Waals surface area contributed by atoms with Crippen molar-refractivity contribution < 1.29 is 9.63 Å². The molecule has 0 unspecified atom stereocenters. The van der Waals surface area contributed by atoms with E-state index in [1.807, 2.05) is 37.3 Å². The third-order valence-electron chi connectivity index (χ3n) is 4.76. The van der Waals surface area contributed by atoms with Gasteiger partial charge in [0.05, 0.1) is 27.2 Å². The number of hydrogen-bond donors (Lipinski definition) is 1.